The molecule has 0 spiro atoms. The van der Waals surface area contributed by atoms with Crippen LogP contribution in [-0.4, -0.2) is 57.0 Å². The highest BCUT2D eigenvalue weighted by atomic mass is 16.5. The Balaban J connectivity index is 1.56. The van der Waals surface area contributed by atoms with Crippen LogP contribution >= 0.6 is 0 Å². The number of hydrogen-bond donors (Lipinski definition) is 0. The lowest BCUT2D eigenvalue weighted by atomic mass is 9.96. The first-order valence-electron chi connectivity index (χ1n) is 8.28. The maximum atomic E-state index is 12.6. The van der Waals surface area contributed by atoms with E-state index < -0.39 is 0 Å². The highest BCUT2D eigenvalue weighted by Gasteiger charge is 2.27. The molecule has 2 aliphatic rings. The van der Waals surface area contributed by atoms with Crippen molar-refractivity contribution in [3.8, 4) is 0 Å². The van der Waals surface area contributed by atoms with Gasteiger partial charge in [-0.2, -0.15) is 0 Å². The van der Waals surface area contributed by atoms with Crippen LogP contribution in [0.5, 0.6) is 0 Å². The highest BCUT2D eigenvalue weighted by Crippen LogP contribution is 2.29. The zero-order valence-electron chi connectivity index (χ0n) is 13.4. The molecule has 2 aromatic heterocycles. The largest absolute Gasteiger partial charge is 0.381 e. The highest BCUT2D eigenvalue weighted by molar-refractivity contribution is 5.92. The van der Waals surface area contributed by atoms with E-state index in [1.807, 2.05) is 4.90 Å². The van der Waals surface area contributed by atoms with Crippen molar-refractivity contribution < 1.29 is 9.53 Å². The Morgan fingerprint density at radius 2 is 2.08 bits per heavy atom. The molecule has 124 valence electrons. The van der Waals surface area contributed by atoms with Crippen LogP contribution in [0.4, 0.5) is 0 Å². The summed E-state index contributed by atoms with van der Waals surface area (Å²) >= 11 is 0. The Morgan fingerprint density at radius 1 is 1.17 bits per heavy atom. The summed E-state index contributed by atoms with van der Waals surface area (Å²) < 4.78 is 5.51. The fraction of sp³-hybridized carbons (Fsp3) is 0.471. The number of hydrogen-bond acceptors (Lipinski definition) is 6. The normalized spacial score (nSPS) is 20.5. The van der Waals surface area contributed by atoms with Gasteiger partial charge in [-0.3, -0.25) is 9.78 Å². The number of carbonyl (C=O) groups is 1. The second-order valence-electron chi connectivity index (χ2n) is 6.13. The lowest BCUT2D eigenvalue weighted by Gasteiger charge is -2.19. The quantitative estimate of drug-likeness (QED) is 0.820. The third kappa shape index (κ3) is 2.87. The number of rotatable bonds is 2. The maximum absolute atomic E-state index is 12.6. The number of carbonyl (C=O) groups excluding carboxylic acids is 1. The van der Waals surface area contributed by atoms with E-state index in [9.17, 15) is 4.79 Å². The van der Waals surface area contributed by atoms with E-state index in [0.717, 1.165) is 43.9 Å². The summed E-state index contributed by atoms with van der Waals surface area (Å²) in [6.45, 7) is 2.81. The first kappa shape index (κ1) is 15.1. The fourth-order valence-corrected chi connectivity index (χ4v) is 3.43. The van der Waals surface area contributed by atoms with Gasteiger partial charge in [0.05, 0.1) is 18.5 Å². The van der Waals surface area contributed by atoms with E-state index in [1.165, 1.54) is 11.8 Å². The van der Waals surface area contributed by atoms with Gasteiger partial charge < -0.3 is 9.64 Å². The van der Waals surface area contributed by atoms with Gasteiger partial charge in [0.1, 0.15) is 12.0 Å². The average Bonchev–Trinajstić information content (AvgIpc) is 3.08. The monoisotopic (exact) mass is 325 g/mol. The van der Waals surface area contributed by atoms with Gasteiger partial charge in [-0.05, 0) is 18.4 Å². The van der Waals surface area contributed by atoms with Crippen LogP contribution in [0.15, 0.2) is 24.9 Å². The molecule has 4 rings (SSSR count). The molecule has 7 heteroatoms. The molecule has 2 aromatic rings. The van der Waals surface area contributed by atoms with Crippen LogP contribution in [-0.2, 0) is 17.6 Å². The minimum absolute atomic E-state index is 0.0744. The van der Waals surface area contributed by atoms with Crippen LogP contribution in [0.1, 0.15) is 39.8 Å². The molecular weight excluding hydrogens is 306 g/mol. The first-order chi connectivity index (χ1) is 11.8. The van der Waals surface area contributed by atoms with Crippen LogP contribution < -0.4 is 0 Å². The third-order valence-electron chi connectivity index (χ3n) is 4.70. The summed E-state index contributed by atoms with van der Waals surface area (Å²) in [7, 11) is 0. The Hall–Kier alpha value is -2.41. The van der Waals surface area contributed by atoms with Crippen molar-refractivity contribution in [2.24, 2.45) is 0 Å². The predicted octanol–water partition coefficient (Wildman–Crippen LogP) is 1.01. The van der Waals surface area contributed by atoms with Crippen LogP contribution in [0.25, 0.3) is 0 Å². The van der Waals surface area contributed by atoms with Gasteiger partial charge in [-0.25, -0.2) is 15.0 Å². The molecule has 1 amide bonds. The molecule has 4 heterocycles. The molecule has 1 saturated heterocycles. The zero-order chi connectivity index (χ0) is 16.4. The molecule has 0 bridgehead atoms. The fourth-order valence-electron chi connectivity index (χ4n) is 3.43. The van der Waals surface area contributed by atoms with Gasteiger partial charge >= 0.3 is 0 Å². The molecule has 2 aliphatic heterocycles. The number of nitrogens with zero attached hydrogens (tertiary/aromatic N) is 5. The van der Waals surface area contributed by atoms with Crippen molar-refractivity contribution in [2.45, 2.75) is 25.2 Å². The zero-order valence-corrected chi connectivity index (χ0v) is 13.4. The smallest absolute Gasteiger partial charge is 0.274 e. The number of fused-ring (bicyclic) bond motifs is 1. The van der Waals surface area contributed by atoms with Crippen molar-refractivity contribution in [3.05, 3.63) is 47.6 Å². The van der Waals surface area contributed by atoms with E-state index >= 15 is 0 Å². The first-order valence-corrected chi connectivity index (χ1v) is 8.28. The topological polar surface area (TPSA) is 81.1 Å². The van der Waals surface area contributed by atoms with Crippen molar-refractivity contribution in [1.82, 2.24) is 24.8 Å². The van der Waals surface area contributed by atoms with Crippen molar-refractivity contribution in [3.63, 3.8) is 0 Å². The Kier molecular flexibility index (Phi) is 4.17. The minimum Gasteiger partial charge on any atom is -0.381 e. The van der Waals surface area contributed by atoms with Crippen LogP contribution in [0.3, 0.4) is 0 Å². The number of aromatic nitrogens is 4. The number of ether oxygens (including phenoxy) is 1. The summed E-state index contributed by atoms with van der Waals surface area (Å²) in [6.07, 6.45) is 8.79. The Bertz CT molecular complexity index is 731. The SMILES string of the molecule is O=C(c1cnccn1)N1CCc2ncnc([C@@H]3CCOC3)c2CC1. The summed E-state index contributed by atoms with van der Waals surface area (Å²) in [5, 5.41) is 0. The molecule has 7 nitrogen and oxygen atoms in total. The van der Waals surface area contributed by atoms with Gasteiger partial charge in [0.15, 0.2) is 0 Å². The van der Waals surface area contributed by atoms with E-state index in [4.69, 9.17) is 4.74 Å². The predicted molar refractivity (Wildman–Crippen MR) is 85.6 cm³/mol. The summed E-state index contributed by atoms with van der Waals surface area (Å²) in [4.78, 5) is 31.5. The molecule has 1 atom stereocenters. The molecule has 1 fully saturated rings. The molecule has 0 saturated carbocycles. The molecule has 0 aromatic carbocycles. The molecular formula is C17H19N5O2. The Labute approximate surface area is 140 Å². The molecule has 0 aliphatic carbocycles. The third-order valence-corrected chi connectivity index (χ3v) is 4.70. The minimum atomic E-state index is -0.0744. The van der Waals surface area contributed by atoms with E-state index in [0.29, 0.717) is 24.7 Å². The Morgan fingerprint density at radius 3 is 2.88 bits per heavy atom. The van der Waals surface area contributed by atoms with Crippen molar-refractivity contribution >= 4 is 5.91 Å². The van der Waals surface area contributed by atoms with E-state index in [1.54, 1.807) is 18.7 Å². The van der Waals surface area contributed by atoms with Crippen LogP contribution in [0.2, 0.25) is 0 Å². The van der Waals surface area contributed by atoms with E-state index in [-0.39, 0.29) is 5.91 Å². The molecule has 0 N–H and O–H groups in total. The van der Waals surface area contributed by atoms with Crippen molar-refractivity contribution in [2.75, 3.05) is 26.3 Å². The molecule has 0 unspecified atom stereocenters. The standard InChI is InChI=1S/C17H19N5O2/c23-17(15-9-18-4-5-19-15)22-6-1-13-14(2-7-22)20-11-21-16(13)12-3-8-24-10-12/h4-5,9,11-12H,1-3,6-8,10H2/t12-/m1/s1. The average molecular weight is 325 g/mol. The lowest BCUT2D eigenvalue weighted by molar-refractivity contribution is 0.0756. The van der Waals surface area contributed by atoms with Crippen LogP contribution in [0, 0.1) is 0 Å². The lowest BCUT2D eigenvalue weighted by Crippen LogP contribution is -2.34. The summed E-state index contributed by atoms with van der Waals surface area (Å²) in [5.74, 6) is 0.276. The molecule has 0 radical (unpaired) electrons. The summed E-state index contributed by atoms with van der Waals surface area (Å²) in [6, 6.07) is 0. The van der Waals surface area contributed by atoms with Gasteiger partial charge in [-0.1, -0.05) is 0 Å². The van der Waals surface area contributed by atoms with Gasteiger partial charge in [-0.15, -0.1) is 0 Å². The second kappa shape index (κ2) is 6.60. The van der Waals surface area contributed by atoms with Gasteiger partial charge in [0.25, 0.3) is 5.91 Å². The maximum Gasteiger partial charge on any atom is 0.274 e. The molecule has 24 heavy (non-hydrogen) atoms. The second-order valence-corrected chi connectivity index (χ2v) is 6.13. The number of amides is 1. The van der Waals surface area contributed by atoms with Gasteiger partial charge in [0.2, 0.25) is 0 Å². The van der Waals surface area contributed by atoms with Crippen molar-refractivity contribution in [1.29, 1.82) is 0 Å². The van der Waals surface area contributed by atoms with Gasteiger partial charge in [0, 0.05) is 50.1 Å². The summed E-state index contributed by atoms with van der Waals surface area (Å²) in [5.41, 5.74) is 3.74. The van der Waals surface area contributed by atoms with E-state index in [2.05, 4.69) is 19.9 Å².